The number of amides is 2. The van der Waals surface area contributed by atoms with Crippen molar-refractivity contribution < 1.29 is 14.3 Å². The first kappa shape index (κ1) is 18.7. The quantitative estimate of drug-likeness (QED) is 0.877. The topological polar surface area (TPSA) is 74.8 Å². The Hall–Kier alpha value is -3.09. The largest absolute Gasteiger partial charge is 0.492 e. The number of ether oxygens (including phenoxy) is 1. The summed E-state index contributed by atoms with van der Waals surface area (Å²) >= 11 is 0. The molecule has 27 heavy (non-hydrogen) atoms. The fraction of sp³-hybridized carbons (Fsp3) is 0.350. The molecule has 1 aliphatic rings. The summed E-state index contributed by atoms with van der Waals surface area (Å²) in [5.74, 6) is 1.25. The zero-order valence-electron chi connectivity index (χ0n) is 15.6. The van der Waals surface area contributed by atoms with Crippen LogP contribution in [0.25, 0.3) is 0 Å². The minimum atomic E-state index is -0.215. The third-order valence-electron chi connectivity index (χ3n) is 4.49. The van der Waals surface area contributed by atoms with E-state index in [0.717, 1.165) is 5.82 Å². The lowest BCUT2D eigenvalue weighted by molar-refractivity contribution is -0.129. The average molecular weight is 368 g/mol. The first-order chi connectivity index (χ1) is 13.1. The number of nitrogens with one attached hydrogen (secondary N) is 1. The lowest BCUT2D eigenvalue weighted by Gasteiger charge is -2.35. The molecule has 3 rings (SSSR count). The number of hydrogen-bond acceptors (Lipinski definition) is 5. The Labute approximate surface area is 158 Å². The van der Waals surface area contributed by atoms with Crippen LogP contribution in [-0.2, 0) is 4.79 Å². The van der Waals surface area contributed by atoms with Crippen LogP contribution >= 0.6 is 0 Å². The van der Waals surface area contributed by atoms with Gasteiger partial charge in [-0.05, 0) is 31.2 Å². The minimum Gasteiger partial charge on any atom is -0.492 e. The molecule has 0 radical (unpaired) electrons. The van der Waals surface area contributed by atoms with Crippen LogP contribution in [-0.4, -0.2) is 54.5 Å². The normalized spacial score (nSPS) is 14.0. The van der Waals surface area contributed by atoms with E-state index in [4.69, 9.17) is 4.74 Å². The zero-order valence-corrected chi connectivity index (χ0v) is 15.6. The maximum Gasteiger partial charge on any atom is 0.255 e. The van der Waals surface area contributed by atoms with Crippen LogP contribution in [0.4, 0.5) is 11.5 Å². The minimum absolute atomic E-state index is 0.0868. The SMILES string of the molecule is CCOc1ccccc1NC(=O)c1ccnc(N2CCN(C(C)=O)CC2)c1. The van der Waals surface area contributed by atoms with Gasteiger partial charge in [0.25, 0.3) is 5.91 Å². The Morgan fingerprint density at radius 1 is 1.15 bits per heavy atom. The summed E-state index contributed by atoms with van der Waals surface area (Å²) in [5, 5.41) is 2.90. The summed E-state index contributed by atoms with van der Waals surface area (Å²) in [6.07, 6.45) is 1.63. The summed E-state index contributed by atoms with van der Waals surface area (Å²) in [4.78, 5) is 32.4. The van der Waals surface area contributed by atoms with Crippen molar-refractivity contribution in [3.63, 3.8) is 0 Å². The molecule has 1 N–H and O–H groups in total. The lowest BCUT2D eigenvalue weighted by atomic mass is 10.2. The van der Waals surface area contributed by atoms with Crippen molar-refractivity contribution in [3.8, 4) is 5.75 Å². The number of para-hydroxylation sites is 2. The van der Waals surface area contributed by atoms with Crippen molar-refractivity contribution in [3.05, 3.63) is 48.2 Å². The standard InChI is InChI=1S/C20H24N4O3/c1-3-27-18-7-5-4-6-17(18)22-20(26)16-8-9-21-19(14-16)24-12-10-23(11-13-24)15(2)25/h4-9,14H,3,10-13H2,1-2H3,(H,22,26). The van der Waals surface area contributed by atoms with E-state index in [9.17, 15) is 9.59 Å². The number of carbonyl (C=O) groups is 2. The fourth-order valence-electron chi connectivity index (χ4n) is 3.03. The summed E-state index contributed by atoms with van der Waals surface area (Å²) in [6, 6.07) is 10.8. The van der Waals surface area contributed by atoms with Crippen LogP contribution in [0.3, 0.4) is 0 Å². The van der Waals surface area contributed by atoms with Gasteiger partial charge in [-0.15, -0.1) is 0 Å². The predicted octanol–water partition coefficient (Wildman–Crippen LogP) is 2.40. The molecule has 0 saturated carbocycles. The summed E-state index contributed by atoms with van der Waals surface area (Å²) < 4.78 is 5.55. The van der Waals surface area contributed by atoms with Gasteiger partial charge in [-0.3, -0.25) is 9.59 Å². The molecule has 1 saturated heterocycles. The number of benzene rings is 1. The van der Waals surface area contributed by atoms with Crippen LogP contribution in [0.5, 0.6) is 5.75 Å². The van der Waals surface area contributed by atoms with E-state index in [-0.39, 0.29) is 11.8 Å². The smallest absolute Gasteiger partial charge is 0.255 e. The first-order valence-corrected chi connectivity index (χ1v) is 9.08. The van der Waals surface area contributed by atoms with E-state index >= 15 is 0 Å². The molecular weight excluding hydrogens is 344 g/mol. The van der Waals surface area contributed by atoms with Gasteiger partial charge in [0, 0.05) is 44.9 Å². The molecule has 1 fully saturated rings. The van der Waals surface area contributed by atoms with Crippen LogP contribution < -0.4 is 15.0 Å². The van der Waals surface area contributed by atoms with E-state index in [1.54, 1.807) is 25.3 Å². The highest BCUT2D eigenvalue weighted by atomic mass is 16.5. The van der Waals surface area contributed by atoms with Crippen LogP contribution in [0.1, 0.15) is 24.2 Å². The van der Waals surface area contributed by atoms with Crippen LogP contribution in [0.2, 0.25) is 0 Å². The van der Waals surface area contributed by atoms with Gasteiger partial charge >= 0.3 is 0 Å². The Morgan fingerprint density at radius 3 is 2.59 bits per heavy atom. The molecule has 1 aromatic carbocycles. The molecular formula is C20H24N4O3. The highest BCUT2D eigenvalue weighted by molar-refractivity contribution is 6.05. The van der Waals surface area contributed by atoms with Crippen LogP contribution in [0, 0.1) is 0 Å². The lowest BCUT2D eigenvalue weighted by Crippen LogP contribution is -2.48. The van der Waals surface area contributed by atoms with Crippen molar-refractivity contribution in [2.24, 2.45) is 0 Å². The van der Waals surface area contributed by atoms with Gasteiger partial charge in [0.2, 0.25) is 5.91 Å². The van der Waals surface area contributed by atoms with Gasteiger partial charge in [0.1, 0.15) is 11.6 Å². The number of nitrogens with zero attached hydrogens (tertiary/aromatic N) is 3. The van der Waals surface area contributed by atoms with Gasteiger partial charge in [-0.25, -0.2) is 4.98 Å². The Bertz CT molecular complexity index is 816. The van der Waals surface area contributed by atoms with E-state index < -0.39 is 0 Å². The Balaban J connectivity index is 1.70. The Kier molecular flexibility index (Phi) is 5.90. The highest BCUT2D eigenvalue weighted by Crippen LogP contribution is 2.24. The molecule has 0 atom stereocenters. The molecule has 1 aliphatic heterocycles. The maximum atomic E-state index is 12.7. The van der Waals surface area contributed by atoms with Crippen LogP contribution in [0.15, 0.2) is 42.6 Å². The Morgan fingerprint density at radius 2 is 1.89 bits per heavy atom. The summed E-state index contributed by atoms with van der Waals surface area (Å²) in [7, 11) is 0. The number of pyridine rings is 1. The second-order valence-corrected chi connectivity index (χ2v) is 6.28. The summed E-state index contributed by atoms with van der Waals surface area (Å²) in [6.45, 7) is 6.73. The monoisotopic (exact) mass is 368 g/mol. The molecule has 142 valence electrons. The molecule has 0 aliphatic carbocycles. The third kappa shape index (κ3) is 4.55. The zero-order chi connectivity index (χ0) is 19.2. The average Bonchev–Trinajstić information content (AvgIpc) is 2.70. The van der Waals surface area contributed by atoms with E-state index in [2.05, 4.69) is 15.2 Å². The van der Waals surface area contributed by atoms with Crippen molar-refractivity contribution in [2.75, 3.05) is 43.0 Å². The molecule has 2 aromatic rings. The van der Waals surface area contributed by atoms with Crippen molar-refractivity contribution in [2.45, 2.75) is 13.8 Å². The number of carbonyl (C=O) groups excluding carboxylic acids is 2. The molecule has 2 amide bonds. The number of hydrogen-bond donors (Lipinski definition) is 1. The summed E-state index contributed by atoms with van der Waals surface area (Å²) in [5.41, 5.74) is 1.16. The molecule has 0 spiro atoms. The maximum absolute atomic E-state index is 12.7. The molecule has 1 aromatic heterocycles. The van der Waals surface area contributed by atoms with Gasteiger partial charge in [-0.2, -0.15) is 0 Å². The van der Waals surface area contributed by atoms with E-state index in [0.29, 0.717) is 49.8 Å². The number of anilines is 2. The molecule has 0 unspecified atom stereocenters. The molecule has 2 heterocycles. The third-order valence-corrected chi connectivity index (χ3v) is 4.49. The fourth-order valence-corrected chi connectivity index (χ4v) is 3.03. The van der Waals surface area contributed by atoms with E-state index in [1.807, 2.05) is 36.1 Å². The van der Waals surface area contributed by atoms with Crippen molar-refractivity contribution >= 4 is 23.3 Å². The van der Waals surface area contributed by atoms with Gasteiger partial charge in [0.15, 0.2) is 0 Å². The first-order valence-electron chi connectivity index (χ1n) is 9.08. The number of rotatable bonds is 5. The molecule has 7 nitrogen and oxygen atoms in total. The van der Waals surface area contributed by atoms with E-state index in [1.165, 1.54) is 0 Å². The number of aromatic nitrogens is 1. The van der Waals surface area contributed by atoms with Crippen molar-refractivity contribution in [1.29, 1.82) is 0 Å². The second-order valence-electron chi connectivity index (χ2n) is 6.28. The highest BCUT2D eigenvalue weighted by Gasteiger charge is 2.20. The van der Waals surface area contributed by atoms with Gasteiger partial charge in [0.05, 0.1) is 12.3 Å². The van der Waals surface area contributed by atoms with Crippen molar-refractivity contribution in [1.82, 2.24) is 9.88 Å². The molecule has 7 heteroatoms. The predicted molar refractivity (Wildman–Crippen MR) is 104 cm³/mol. The van der Waals surface area contributed by atoms with Gasteiger partial charge in [-0.1, -0.05) is 12.1 Å². The number of piperazine rings is 1. The molecule has 0 bridgehead atoms. The van der Waals surface area contributed by atoms with Gasteiger partial charge < -0.3 is 19.9 Å². The second kappa shape index (κ2) is 8.53.